The Balaban J connectivity index is 0.00000225. The number of nitrogens with one attached hydrogen (secondary N) is 2. The minimum atomic E-state index is -0.278. The van der Waals surface area contributed by atoms with Crippen LogP contribution in [0.4, 0.5) is 10.2 Å². The van der Waals surface area contributed by atoms with Crippen LogP contribution in [0.3, 0.4) is 0 Å². The van der Waals surface area contributed by atoms with E-state index in [-0.39, 0.29) is 35.8 Å². The number of anilines is 1. The molecule has 1 atom stereocenters. The second-order valence-corrected chi connectivity index (χ2v) is 6.87. The van der Waals surface area contributed by atoms with E-state index in [1.54, 1.807) is 12.3 Å². The van der Waals surface area contributed by atoms with Crippen LogP contribution in [-0.4, -0.2) is 51.4 Å². The van der Waals surface area contributed by atoms with Crippen LogP contribution in [0.5, 0.6) is 0 Å². The van der Waals surface area contributed by atoms with Gasteiger partial charge in [0.15, 0.2) is 23.4 Å². The van der Waals surface area contributed by atoms with Gasteiger partial charge in [-0.3, -0.25) is 0 Å². The number of fused-ring (bicyclic) bond motifs is 1. The molecular formula is C18H26FIN8. The molecule has 2 aliphatic heterocycles. The van der Waals surface area contributed by atoms with Gasteiger partial charge in [0.25, 0.3) is 0 Å². The molecular weight excluding hydrogens is 474 g/mol. The lowest BCUT2D eigenvalue weighted by atomic mass is 10.3. The lowest BCUT2D eigenvalue weighted by Gasteiger charge is -2.19. The first-order valence-corrected chi connectivity index (χ1v) is 9.56. The summed E-state index contributed by atoms with van der Waals surface area (Å²) in [5.41, 5.74) is 0. The highest BCUT2D eigenvalue weighted by atomic mass is 127. The van der Waals surface area contributed by atoms with Gasteiger partial charge >= 0.3 is 0 Å². The van der Waals surface area contributed by atoms with E-state index in [1.165, 1.54) is 6.07 Å². The van der Waals surface area contributed by atoms with Gasteiger partial charge in [-0.05, 0) is 31.9 Å². The molecule has 0 bridgehead atoms. The molecule has 8 nitrogen and oxygen atoms in total. The molecule has 2 aliphatic rings. The van der Waals surface area contributed by atoms with E-state index < -0.39 is 0 Å². The van der Waals surface area contributed by atoms with E-state index in [0.29, 0.717) is 18.9 Å². The average molecular weight is 500 g/mol. The summed E-state index contributed by atoms with van der Waals surface area (Å²) < 4.78 is 16.1. The summed E-state index contributed by atoms with van der Waals surface area (Å²) >= 11 is 0. The Hall–Kier alpha value is -1.98. The van der Waals surface area contributed by atoms with Crippen molar-refractivity contribution in [1.29, 1.82) is 0 Å². The third kappa shape index (κ3) is 4.53. The number of hydrogen-bond donors (Lipinski definition) is 2. The molecule has 2 N–H and O–H groups in total. The quantitative estimate of drug-likeness (QED) is 0.370. The number of pyridine rings is 1. The second kappa shape index (κ2) is 9.48. The van der Waals surface area contributed by atoms with E-state index >= 15 is 0 Å². The SMILES string of the molecule is CCNC(=NCc1nnc2n1CCC2)NC1CCN(c2ncccc2F)C1.I. The zero-order valence-corrected chi connectivity index (χ0v) is 18.3. The first-order chi connectivity index (χ1) is 13.2. The topological polar surface area (TPSA) is 83.3 Å². The normalized spacial score (nSPS) is 18.7. The van der Waals surface area contributed by atoms with Crippen molar-refractivity contribution in [2.24, 2.45) is 4.99 Å². The fourth-order valence-electron chi connectivity index (χ4n) is 3.67. The van der Waals surface area contributed by atoms with Gasteiger partial charge in [-0.15, -0.1) is 34.2 Å². The van der Waals surface area contributed by atoms with Crippen molar-refractivity contribution in [3.63, 3.8) is 0 Å². The Kier molecular flexibility index (Phi) is 7.03. The predicted octanol–water partition coefficient (Wildman–Crippen LogP) is 1.71. The standard InChI is InChI=1S/C18H25FN8.HI/c1-2-20-18(22-11-16-25-24-15-6-4-9-27(15)16)23-13-7-10-26(12-13)17-14(19)5-3-8-21-17;/h3,5,8,13H,2,4,6-7,9-12H2,1H3,(H2,20,22,23);1H. The molecule has 2 aromatic rings. The Morgan fingerprint density at radius 3 is 3.07 bits per heavy atom. The van der Waals surface area contributed by atoms with E-state index in [0.717, 1.165) is 56.5 Å². The molecule has 4 heterocycles. The van der Waals surface area contributed by atoms with Crippen LogP contribution in [0.2, 0.25) is 0 Å². The number of aryl methyl sites for hydroxylation is 1. The zero-order valence-electron chi connectivity index (χ0n) is 15.9. The van der Waals surface area contributed by atoms with Gasteiger partial charge in [-0.1, -0.05) is 0 Å². The number of rotatable bonds is 5. The van der Waals surface area contributed by atoms with Crippen molar-refractivity contribution in [3.05, 3.63) is 35.8 Å². The van der Waals surface area contributed by atoms with Crippen molar-refractivity contribution in [1.82, 2.24) is 30.4 Å². The average Bonchev–Trinajstić information content (AvgIpc) is 3.38. The minimum Gasteiger partial charge on any atom is -0.357 e. The maximum atomic E-state index is 14.0. The van der Waals surface area contributed by atoms with Gasteiger partial charge in [-0.2, -0.15) is 0 Å². The third-order valence-electron chi connectivity index (χ3n) is 4.98. The molecule has 152 valence electrons. The molecule has 1 saturated heterocycles. The fraction of sp³-hybridized carbons (Fsp3) is 0.556. The predicted molar refractivity (Wildman–Crippen MR) is 117 cm³/mol. The van der Waals surface area contributed by atoms with Gasteiger partial charge in [0.1, 0.15) is 12.4 Å². The lowest BCUT2D eigenvalue weighted by molar-refractivity contribution is 0.612. The molecule has 1 fully saturated rings. The first-order valence-electron chi connectivity index (χ1n) is 9.56. The van der Waals surface area contributed by atoms with Crippen molar-refractivity contribution >= 4 is 35.8 Å². The number of aromatic nitrogens is 4. The maximum Gasteiger partial charge on any atom is 0.191 e. The Morgan fingerprint density at radius 2 is 2.25 bits per heavy atom. The summed E-state index contributed by atoms with van der Waals surface area (Å²) in [5, 5.41) is 15.2. The van der Waals surface area contributed by atoms with E-state index in [2.05, 4.69) is 35.4 Å². The molecule has 4 rings (SSSR count). The molecule has 0 saturated carbocycles. The van der Waals surface area contributed by atoms with Gasteiger partial charge in [0.2, 0.25) is 0 Å². The smallest absolute Gasteiger partial charge is 0.191 e. The fourth-order valence-corrected chi connectivity index (χ4v) is 3.67. The van der Waals surface area contributed by atoms with E-state index in [1.807, 2.05) is 11.8 Å². The molecule has 0 spiro atoms. The summed E-state index contributed by atoms with van der Waals surface area (Å²) in [7, 11) is 0. The minimum absolute atomic E-state index is 0. The second-order valence-electron chi connectivity index (χ2n) is 6.87. The number of halogens is 2. The summed E-state index contributed by atoms with van der Waals surface area (Å²) in [6.07, 6.45) is 4.65. The van der Waals surface area contributed by atoms with Crippen LogP contribution in [0, 0.1) is 5.82 Å². The number of nitrogens with zero attached hydrogens (tertiary/aromatic N) is 6. The van der Waals surface area contributed by atoms with Gasteiger partial charge in [-0.25, -0.2) is 14.4 Å². The first kappa shape index (κ1) is 20.7. The van der Waals surface area contributed by atoms with Crippen LogP contribution in [0.25, 0.3) is 0 Å². The molecule has 0 radical (unpaired) electrons. The lowest BCUT2D eigenvalue weighted by Crippen LogP contribution is -2.44. The Labute approximate surface area is 181 Å². The van der Waals surface area contributed by atoms with Crippen LogP contribution in [0.15, 0.2) is 23.3 Å². The summed E-state index contributed by atoms with van der Waals surface area (Å²) in [6, 6.07) is 3.25. The highest BCUT2D eigenvalue weighted by molar-refractivity contribution is 14.0. The third-order valence-corrected chi connectivity index (χ3v) is 4.98. The number of hydrogen-bond acceptors (Lipinski definition) is 5. The van der Waals surface area contributed by atoms with Gasteiger partial charge in [0, 0.05) is 44.8 Å². The van der Waals surface area contributed by atoms with Gasteiger partial charge < -0.3 is 20.1 Å². The largest absolute Gasteiger partial charge is 0.357 e. The van der Waals surface area contributed by atoms with Crippen LogP contribution < -0.4 is 15.5 Å². The Morgan fingerprint density at radius 1 is 1.36 bits per heavy atom. The van der Waals surface area contributed by atoms with Crippen molar-refractivity contribution in [2.45, 2.75) is 45.3 Å². The van der Waals surface area contributed by atoms with Crippen molar-refractivity contribution in [3.8, 4) is 0 Å². The summed E-state index contributed by atoms with van der Waals surface area (Å²) in [5.74, 6) is 2.86. The van der Waals surface area contributed by atoms with Crippen molar-refractivity contribution in [2.75, 3.05) is 24.5 Å². The number of aliphatic imine (C=N–C) groups is 1. The molecule has 0 amide bonds. The summed E-state index contributed by atoms with van der Waals surface area (Å²) in [4.78, 5) is 10.8. The molecule has 28 heavy (non-hydrogen) atoms. The highest BCUT2D eigenvalue weighted by Gasteiger charge is 2.26. The summed E-state index contributed by atoms with van der Waals surface area (Å²) in [6.45, 7) is 5.74. The molecule has 2 aromatic heterocycles. The Bertz CT molecular complexity index is 824. The van der Waals surface area contributed by atoms with E-state index in [4.69, 9.17) is 0 Å². The molecule has 1 unspecified atom stereocenters. The van der Waals surface area contributed by atoms with Crippen LogP contribution >= 0.6 is 24.0 Å². The van der Waals surface area contributed by atoms with Crippen molar-refractivity contribution < 1.29 is 4.39 Å². The zero-order chi connectivity index (χ0) is 18.6. The monoisotopic (exact) mass is 500 g/mol. The van der Waals surface area contributed by atoms with E-state index in [9.17, 15) is 4.39 Å². The molecule has 0 aliphatic carbocycles. The van der Waals surface area contributed by atoms with Gasteiger partial charge in [0.05, 0.1) is 0 Å². The molecule has 0 aromatic carbocycles. The number of guanidine groups is 1. The molecule has 10 heteroatoms. The van der Waals surface area contributed by atoms with Crippen LogP contribution in [-0.2, 0) is 19.5 Å². The highest BCUT2D eigenvalue weighted by Crippen LogP contribution is 2.20. The van der Waals surface area contributed by atoms with Crippen LogP contribution in [0.1, 0.15) is 31.4 Å². The maximum absolute atomic E-state index is 14.0.